The van der Waals surface area contributed by atoms with Gasteiger partial charge in [-0.15, -0.1) is 0 Å². The molecule has 4 rings (SSSR count). The van der Waals surface area contributed by atoms with E-state index in [2.05, 4.69) is 20.8 Å². The van der Waals surface area contributed by atoms with E-state index in [0.29, 0.717) is 18.3 Å². The zero-order valence-corrected chi connectivity index (χ0v) is 15.4. The van der Waals surface area contributed by atoms with Gasteiger partial charge in [0.1, 0.15) is 18.1 Å². The maximum absolute atomic E-state index is 12.0. The average Bonchev–Trinajstić information content (AvgIpc) is 2.94. The molecule has 134 valence electrons. The first-order valence-electron chi connectivity index (χ1n) is 9.20. The Labute approximate surface area is 148 Å². The van der Waals surface area contributed by atoms with Crippen molar-refractivity contribution < 1.29 is 19.4 Å². The number of carbonyl (C=O) groups is 1. The summed E-state index contributed by atoms with van der Waals surface area (Å²) in [6.45, 7) is 6.88. The molecule has 0 saturated carbocycles. The van der Waals surface area contributed by atoms with E-state index in [9.17, 15) is 9.90 Å². The minimum absolute atomic E-state index is 0.0827. The van der Waals surface area contributed by atoms with Gasteiger partial charge in [0, 0.05) is 16.6 Å². The molecule has 0 bridgehead atoms. The van der Waals surface area contributed by atoms with Crippen LogP contribution in [0.15, 0.2) is 17.2 Å². The zero-order chi connectivity index (χ0) is 17.9. The summed E-state index contributed by atoms with van der Waals surface area (Å²) < 4.78 is 11.1. The van der Waals surface area contributed by atoms with Crippen LogP contribution in [-0.2, 0) is 21.4 Å². The number of carbonyl (C=O) groups excluding carboxylic acids is 1. The molecule has 25 heavy (non-hydrogen) atoms. The summed E-state index contributed by atoms with van der Waals surface area (Å²) >= 11 is 0. The Morgan fingerprint density at radius 2 is 2.12 bits per heavy atom. The van der Waals surface area contributed by atoms with E-state index in [0.717, 1.165) is 42.6 Å². The highest BCUT2D eigenvalue weighted by molar-refractivity contribution is 5.92. The maximum atomic E-state index is 12.0. The van der Waals surface area contributed by atoms with Gasteiger partial charge < -0.3 is 14.6 Å². The Kier molecular flexibility index (Phi) is 3.64. The Hall–Kier alpha value is -1.97. The van der Waals surface area contributed by atoms with Crippen molar-refractivity contribution in [3.8, 4) is 11.5 Å². The first-order chi connectivity index (χ1) is 11.9. The van der Waals surface area contributed by atoms with Crippen LogP contribution in [0.3, 0.4) is 0 Å². The lowest BCUT2D eigenvalue weighted by atomic mass is 9.56. The number of rotatable bonds is 2. The number of phenols is 1. The smallest absolute Gasteiger partial charge is 0.334 e. The van der Waals surface area contributed by atoms with Crippen LogP contribution in [0.5, 0.6) is 11.5 Å². The first kappa shape index (κ1) is 16.5. The number of benzene rings is 1. The van der Waals surface area contributed by atoms with Crippen molar-refractivity contribution in [2.75, 3.05) is 13.7 Å². The molecule has 1 aliphatic heterocycles. The number of aromatic hydroxyl groups is 1. The predicted molar refractivity (Wildman–Crippen MR) is 95.1 cm³/mol. The van der Waals surface area contributed by atoms with Crippen molar-refractivity contribution >= 4 is 5.97 Å². The molecule has 1 aromatic carbocycles. The molecular formula is C21H26O4. The van der Waals surface area contributed by atoms with E-state index in [1.54, 1.807) is 7.11 Å². The van der Waals surface area contributed by atoms with Gasteiger partial charge in [-0.1, -0.05) is 20.8 Å². The normalized spacial score (nSPS) is 27.7. The molecule has 0 fully saturated rings. The number of phenolic OH excluding ortho intramolecular Hbond substituents is 1. The van der Waals surface area contributed by atoms with Crippen molar-refractivity contribution in [1.29, 1.82) is 0 Å². The molecule has 2 atom stereocenters. The Morgan fingerprint density at radius 3 is 2.80 bits per heavy atom. The fourth-order valence-electron chi connectivity index (χ4n) is 5.32. The predicted octanol–water partition coefficient (Wildman–Crippen LogP) is 3.99. The van der Waals surface area contributed by atoms with Crippen LogP contribution in [0.1, 0.15) is 62.6 Å². The monoisotopic (exact) mass is 342 g/mol. The molecule has 4 heteroatoms. The van der Waals surface area contributed by atoms with Gasteiger partial charge in [0.2, 0.25) is 0 Å². The lowest BCUT2D eigenvalue weighted by molar-refractivity contribution is -0.136. The van der Waals surface area contributed by atoms with Gasteiger partial charge in [-0.05, 0) is 60.3 Å². The van der Waals surface area contributed by atoms with Crippen molar-refractivity contribution in [3.63, 3.8) is 0 Å². The van der Waals surface area contributed by atoms with Gasteiger partial charge in [0.25, 0.3) is 0 Å². The molecule has 1 aromatic rings. The Morgan fingerprint density at radius 1 is 1.36 bits per heavy atom. The summed E-state index contributed by atoms with van der Waals surface area (Å²) in [4.78, 5) is 12.0. The number of cyclic esters (lactones) is 1. The third-order valence-corrected chi connectivity index (χ3v) is 6.56. The molecular weight excluding hydrogens is 316 g/mol. The second-order valence-corrected chi connectivity index (χ2v) is 8.11. The average molecular weight is 342 g/mol. The van der Waals surface area contributed by atoms with Gasteiger partial charge in [0.05, 0.1) is 7.11 Å². The lowest BCUT2D eigenvalue weighted by Gasteiger charge is -2.47. The Balaban J connectivity index is 1.89. The van der Waals surface area contributed by atoms with Gasteiger partial charge in [-0.2, -0.15) is 0 Å². The second kappa shape index (κ2) is 5.52. The minimum atomic E-state index is -0.126. The fourth-order valence-corrected chi connectivity index (χ4v) is 5.32. The molecule has 2 unspecified atom stereocenters. The van der Waals surface area contributed by atoms with E-state index >= 15 is 0 Å². The summed E-state index contributed by atoms with van der Waals surface area (Å²) in [5.41, 5.74) is 5.33. The minimum Gasteiger partial charge on any atom is -0.508 e. The molecule has 0 spiro atoms. The third kappa shape index (κ3) is 2.16. The molecule has 0 aromatic heterocycles. The molecule has 1 N–H and O–H groups in total. The highest BCUT2D eigenvalue weighted by Crippen LogP contribution is 2.56. The van der Waals surface area contributed by atoms with Gasteiger partial charge >= 0.3 is 5.97 Å². The van der Waals surface area contributed by atoms with Crippen LogP contribution in [0.25, 0.3) is 0 Å². The van der Waals surface area contributed by atoms with Crippen LogP contribution >= 0.6 is 0 Å². The number of hydrogen-bond acceptors (Lipinski definition) is 4. The van der Waals surface area contributed by atoms with Crippen LogP contribution < -0.4 is 4.74 Å². The molecule has 0 saturated heterocycles. The summed E-state index contributed by atoms with van der Waals surface area (Å²) in [6.07, 6.45) is 3.57. The molecule has 3 aliphatic rings. The summed E-state index contributed by atoms with van der Waals surface area (Å²) in [7, 11) is 1.69. The van der Waals surface area contributed by atoms with E-state index in [1.165, 1.54) is 16.7 Å². The number of hydrogen-bond donors (Lipinski definition) is 1. The maximum Gasteiger partial charge on any atom is 0.334 e. The van der Waals surface area contributed by atoms with Crippen molar-refractivity contribution in [2.24, 2.45) is 5.92 Å². The van der Waals surface area contributed by atoms with Crippen molar-refractivity contribution in [3.05, 3.63) is 33.9 Å². The third-order valence-electron chi connectivity index (χ3n) is 6.56. The number of esters is 1. The van der Waals surface area contributed by atoms with E-state index in [4.69, 9.17) is 9.47 Å². The largest absolute Gasteiger partial charge is 0.508 e. The number of methoxy groups -OCH3 is 1. The van der Waals surface area contributed by atoms with Crippen LogP contribution in [0.4, 0.5) is 0 Å². The van der Waals surface area contributed by atoms with E-state index in [1.807, 2.05) is 6.07 Å². The fraction of sp³-hybridized carbons (Fsp3) is 0.571. The second-order valence-electron chi connectivity index (χ2n) is 8.11. The molecule has 0 amide bonds. The van der Waals surface area contributed by atoms with Crippen molar-refractivity contribution in [1.82, 2.24) is 0 Å². The van der Waals surface area contributed by atoms with Gasteiger partial charge in [0.15, 0.2) is 0 Å². The van der Waals surface area contributed by atoms with Crippen LogP contribution in [0, 0.1) is 5.92 Å². The Bertz CT molecular complexity index is 790. The number of ether oxygens (including phenoxy) is 2. The molecule has 2 aliphatic carbocycles. The molecule has 4 nitrogen and oxygen atoms in total. The topological polar surface area (TPSA) is 55.8 Å². The molecule has 1 heterocycles. The summed E-state index contributed by atoms with van der Waals surface area (Å²) in [5, 5.41) is 10.7. The van der Waals surface area contributed by atoms with Crippen LogP contribution in [-0.4, -0.2) is 24.8 Å². The first-order valence-corrected chi connectivity index (χ1v) is 9.20. The zero-order valence-electron chi connectivity index (χ0n) is 15.4. The lowest BCUT2D eigenvalue weighted by Crippen LogP contribution is -2.41. The quantitative estimate of drug-likeness (QED) is 0.826. The summed E-state index contributed by atoms with van der Waals surface area (Å²) in [6, 6.07) is 1.96. The van der Waals surface area contributed by atoms with E-state index in [-0.39, 0.29) is 17.3 Å². The van der Waals surface area contributed by atoms with E-state index < -0.39 is 0 Å². The standard InChI is InChI=1S/C21H26O4/c1-11(2)18-17(22)9-16-13(19(18)24-4)5-6-15-14-10-25-20(23)12(14)7-8-21(15,16)3/h9,11,15,22H,5-8,10H2,1-4H3. The number of fused-ring (bicyclic) bond motifs is 4. The molecule has 0 radical (unpaired) electrons. The highest BCUT2D eigenvalue weighted by Gasteiger charge is 2.49. The van der Waals surface area contributed by atoms with Crippen LogP contribution in [0.2, 0.25) is 0 Å². The SMILES string of the molecule is COc1c2c(cc(O)c1C(C)C)C1(C)CCC3=C(COC3=O)C1CC2. The highest BCUT2D eigenvalue weighted by atomic mass is 16.5. The van der Waals surface area contributed by atoms with Crippen molar-refractivity contribution in [2.45, 2.75) is 57.8 Å². The van der Waals surface area contributed by atoms with Gasteiger partial charge in [-0.25, -0.2) is 4.79 Å². The van der Waals surface area contributed by atoms with Gasteiger partial charge in [-0.3, -0.25) is 0 Å². The summed E-state index contributed by atoms with van der Waals surface area (Å²) in [5.74, 6) is 1.56.